The number of oxime groups is 1. The molecule has 2 aromatic rings. The number of nitrogens with zero attached hydrogens (tertiary/aromatic N) is 3. The molecule has 7 heteroatoms. The van der Waals surface area contributed by atoms with Gasteiger partial charge in [0.05, 0.1) is 18.5 Å². The van der Waals surface area contributed by atoms with Gasteiger partial charge in [-0.05, 0) is 26.0 Å². The standard InChI is InChI=1S/C19H22N4O3/c1-12-10-19(2,26-22-12)18(24)23-8-7-16-15(11-23)17(21-20-16)13-5-4-6-14(9-13)25-3/h4-6,9H,7-8,10-11H2,1-3H3,(H,20,21)/t19-/m0/s1. The fourth-order valence-corrected chi connectivity index (χ4v) is 3.66. The Labute approximate surface area is 152 Å². The van der Waals surface area contributed by atoms with Gasteiger partial charge >= 0.3 is 0 Å². The second-order valence-electron chi connectivity index (χ2n) is 7.06. The summed E-state index contributed by atoms with van der Waals surface area (Å²) in [6.45, 7) is 4.84. The van der Waals surface area contributed by atoms with Crippen molar-refractivity contribution < 1.29 is 14.4 Å². The summed E-state index contributed by atoms with van der Waals surface area (Å²) in [4.78, 5) is 20.3. The molecule has 2 aliphatic heterocycles. The monoisotopic (exact) mass is 354 g/mol. The van der Waals surface area contributed by atoms with Crippen LogP contribution in [-0.4, -0.2) is 46.0 Å². The van der Waals surface area contributed by atoms with E-state index in [0.717, 1.165) is 40.4 Å². The average molecular weight is 354 g/mol. The molecule has 0 fully saturated rings. The second kappa shape index (κ2) is 6.16. The Morgan fingerprint density at radius 1 is 1.42 bits per heavy atom. The third-order valence-corrected chi connectivity index (χ3v) is 5.01. The third-order valence-electron chi connectivity index (χ3n) is 5.01. The summed E-state index contributed by atoms with van der Waals surface area (Å²) >= 11 is 0. The van der Waals surface area contributed by atoms with E-state index in [1.807, 2.05) is 43.0 Å². The van der Waals surface area contributed by atoms with Crippen molar-refractivity contribution in [2.45, 2.75) is 38.8 Å². The number of hydrogen-bond acceptors (Lipinski definition) is 5. The Hall–Kier alpha value is -2.83. The van der Waals surface area contributed by atoms with E-state index in [4.69, 9.17) is 9.57 Å². The Kier molecular flexibility index (Phi) is 3.94. The van der Waals surface area contributed by atoms with Gasteiger partial charge in [0.25, 0.3) is 5.91 Å². The maximum Gasteiger partial charge on any atom is 0.270 e. The number of rotatable bonds is 3. The molecule has 1 aromatic heterocycles. The molecule has 0 saturated carbocycles. The van der Waals surface area contributed by atoms with E-state index in [9.17, 15) is 4.79 Å². The topological polar surface area (TPSA) is 79.8 Å². The molecule has 0 saturated heterocycles. The van der Waals surface area contributed by atoms with Crippen LogP contribution in [0.3, 0.4) is 0 Å². The Bertz CT molecular complexity index is 889. The van der Waals surface area contributed by atoms with Crippen LogP contribution in [0.4, 0.5) is 0 Å². The van der Waals surface area contributed by atoms with Crippen molar-refractivity contribution >= 4 is 11.6 Å². The summed E-state index contributed by atoms with van der Waals surface area (Å²) in [5.74, 6) is 0.754. The quantitative estimate of drug-likeness (QED) is 0.918. The van der Waals surface area contributed by atoms with Crippen LogP contribution in [0.5, 0.6) is 5.75 Å². The predicted molar refractivity (Wildman–Crippen MR) is 96.9 cm³/mol. The molecule has 136 valence electrons. The lowest BCUT2D eigenvalue weighted by atomic mass is 9.95. The number of amides is 1. The van der Waals surface area contributed by atoms with Crippen LogP contribution in [0.15, 0.2) is 29.4 Å². The van der Waals surface area contributed by atoms with Crippen LogP contribution in [-0.2, 0) is 22.6 Å². The normalized spacial score (nSPS) is 21.8. The molecule has 4 rings (SSSR count). The number of nitrogens with one attached hydrogen (secondary N) is 1. The maximum atomic E-state index is 13.0. The van der Waals surface area contributed by atoms with E-state index in [-0.39, 0.29) is 5.91 Å². The van der Waals surface area contributed by atoms with Gasteiger partial charge in [0.15, 0.2) is 0 Å². The maximum absolute atomic E-state index is 13.0. The zero-order chi connectivity index (χ0) is 18.3. The Morgan fingerprint density at radius 2 is 2.27 bits per heavy atom. The molecular formula is C19H22N4O3. The number of aromatic amines is 1. The summed E-state index contributed by atoms with van der Waals surface area (Å²) in [7, 11) is 1.64. The first-order valence-corrected chi connectivity index (χ1v) is 8.72. The second-order valence-corrected chi connectivity index (χ2v) is 7.06. The van der Waals surface area contributed by atoms with Gasteiger partial charge in [0.1, 0.15) is 5.75 Å². The van der Waals surface area contributed by atoms with Crippen LogP contribution in [0.2, 0.25) is 0 Å². The highest BCUT2D eigenvalue weighted by molar-refractivity contribution is 5.94. The number of ether oxygens (including phenoxy) is 1. The lowest BCUT2D eigenvalue weighted by Gasteiger charge is -2.32. The van der Waals surface area contributed by atoms with Crippen LogP contribution in [0, 0.1) is 0 Å². The number of H-pyrrole nitrogens is 1. The average Bonchev–Trinajstić information content (AvgIpc) is 3.24. The molecule has 0 bridgehead atoms. The van der Waals surface area contributed by atoms with Gasteiger partial charge in [0.2, 0.25) is 5.60 Å². The first kappa shape index (κ1) is 16.6. The lowest BCUT2D eigenvalue weighted by Crippen LogP contribution is -2.48. The van der Waals surface area contributed by atoms with Gasteiger partial charge in [-0.1, -0.05) is 17.3 Å². The van der Waals surface area contributed by atoms with E-state index in [0.29, 0.717) is 19.5 Å². The summed E-state index contributed by atoms with van der Waals surface area (Å²) < 4.78 is 5.32. The van der Waals surface area contributed by atoms with E-state index >= 15 is 0 Å². The molecule has 1 N–H and O–H groups in total. The summed E-state index contributed by atoms with van der Waals surface area (Å²) in [5, 5.41) is 11.6. The van der Waals surface area contributed by atoms with Crippen molar-refractivity contribution in [3.63, 3.8) is 0 Å². The highest BCUT2D eigenvalue weighted by atomic mass is 16.7. The van der Waals surface area contributed by atoms with Crippen molar-refractivity contribution in [1.29, 1.82) is 0 Å². The molecule has 2 aliphatic rings. The fraction of sp³-hybridized carbons (Fsp3) is 0.421. The van der Waals surface area contributed by atoms with Crippen LogP contribution >= 0.6 is 0 Å². The zero-order valence-electron chi connectivity index (χ0n) is 15.2. The minimum absolute atomic E-state index is 0.0263. The van der Waals surface area contributed by atoms with Crippen molar-refractivity contribution in [1.82, 2.24) is 15.1 Å². The lowest BCUT2D eigenvalue weighted by molar-refractivity contribution is -0.154. The molecule has 0 unspecified atom stereocenters. The molecule has 1 aromatic carbocycles. The minimum atomic E-state index is -0.901. The van der Waals surface area contributed by atoms with E-state index in [2.05, 4.69) is 15.4 Å². The van der Waals surface area contributed by atoms with Crippen molar-refractivity contribution in [2.75, 3.05) is 13.7 Å². The number of methoxy groups -OCH3 is 1. The summed E-state index contributed by atoms with van der Waals surface area (Å²) in [6, 6.07) is 7.79. The Balaban J connectivity index is 1.61. The van der Waals surface area contributed by atoms with Gasteiger partial charge in [-0.2, -0.15) is 5.10 Å². The molecule has 0 spiro atoms. The number of hydrogen-bond donors (Lipinski definition) is 1. The van der Waals surface area contributed by atoms with Crippen LogP contribution in [0.25, 0.3) is 11.3 Å². The van der Waals surface area contributed by atoms with Gasteiger partial charge in [-0.25, -0.2) is 0 Å². The first-order chi connectivity index (χ1) is 12.5. The fourth-order valence-electron chi connectivity index (χ4n) is 3.66. The number of fused-ring (bicyclic) bond motifs is 1. The smallest absolute Gasteiger partial charge is 0.270 e. The van der Waals surface area contributed by atoms with E-state index in [1.165, 1.54) is 0 Å². The number of carbonyl (C=O) groups excluding carboxylic acids is 1. The van der Waals surface area contributed by atoms with Crippen molar-refractivity contribution in [2.24, 2.45) is 5.16 Å². The molecule has 26 heavy (non-hydrogen) atoms. The summed E-state index contributed by atoms with van der Waals surface area (Å²) in [6.07, 6.45) is 1.28. The van der Waals surface area contributed by atoms with Crippen LogP contribution in [0.1, 0.15) is 31.5 Å². The van der Waals surface area contributed by atoms with E-state index in [1.54, 1.807) is 7.11 Å². The Morgan fingerprint density at radius 3 is 3.00 bits per heavy atom. The third kappa shape index (κ3) is 2.73. The summed E-state index contributed by atoms with van der Waals surface area (Å²) in [5.41, 5.74) is 3.91. The van der Waals surface area contributed by atoms with Gasteiger partial charge < -0.3 is 14.5 Å². The van der Waals surface area contributed by atoms with Gasteiger partial charge in [-0.3, -0.25) is 9.89 Å². The highest BCUT2D eigenvalue weighted by Crippen LogP contribution is 2.33. The predicted octanol–water partition coefficient (Wildman–Crippen LogP) is 2.52. The van der Waals surface area contributed by atoms with E-state index < -0.39 is 5.60 Å². The largest absolute Gasteiger partial charge is 0.497 e. The molecule has 0 radical (unpaired) electrons. The molecule has 7 nitrogen and oxygen atoms in total. The molecular weight excluding hydrogens is 332 g/mol. The van der Waals surface area contributed by atoms with Gasteiger partial charge in [-0.15, -0.1) is 0 Å². The molecule has 3 heterocycles. The van der Waals surface area contributed by atoms with Gasteiger partial charge in [0, 0.05) is 42.8 Å². The molecule has 1 atom stereocenters. The van der Waals surface area contributed by atoms with Crippen molar-refractivity contribution in [3.05, 3.63) is 35.5 Å². The number of benzene rings is 1. The molecule has 1 amide bonds. The number of aromatic nitrogens is 2. The molecule has 0 aliphatic carbocycles. The first-order valence-electron chi connectivity index (χ1n) is 8.72. The minimum Gasteiger partial charge on any atom is -0.497 e. The van der Waals surface area contributed by atoms with Crippen molar-refractivity contribution in [3.8, 4) is 17.0 Å². The SMILES string of the molecule is COc1cccc(-c2n[nH]c3c2CN(C(=O)[C@]2(C)CC(C)=NO2)CC3)c1. The highest BCUT2D eigenvalue weighted by Gasteiger charge is 2.44. The zero-order valence-corrected chi connectivity index (χ0v) is 15.2. The van der Waals surface area contributed by atoms with Crippen LogP contribution < -0.4 is 4.74 Å². The number of carbonyl (C=O) groups is 1.